The predicted molar refractivity (Wildman–Crippen MR) is 80.4 cm³/mol. The molecule has 2 heteroatoms. The highest BCUT2D eigenvalue weighted by atomic mass is 32.1. The molecule has 0 atom stereocenters. The van der Waals surface area contributed by atoms with E-state index in [9.17, 15) is 0 Å². The van der Waals surface area contributed by atoms with Gasteiger partial charge in [0, 0.05) is 15.8 Å². The minimum absolute atomic E-state index is 0.607. The molecule has 0 fully saturated rings. The molecule has 18 heavy (non-hydrogen) atoms. The number of nitrogens with one attached hydrogen (secondary N) is 1. The Kier molecular flexibility index (Phi) is 2.75. The standard InChI is InChI=1S/C16H17NS/c1-10(2)15-6-7-16(18-15)14-9-12-8-11(3)4-5-13(12)17-14/h4-10,17H,1-3H3. The van der Waals surface area contributed by atoms with Crippen LogP contribution in [0, 0.1) is 6.92 Å². The van der Waals surface area contributed by atoms with Crippen molar-refractivity contribution >= 4 is 22.2 Å². The molecule has 0 bridgehead atoms. The van der Waals surface area contributed by atoms with E-state index in [0.717, 1.165) is 0 Å². The van der Waals surface area contributed by atoms with E-state index in [2.05, 4.69) is 62.2 Å². The van der Waals surface area contributed by atoms with Crippen molar-refractivity contribution in [3.05, 3.63) is 46.8 Å². The lowest BCUT2D eigenvalue weighted by atomic mass is 10.2. The van der Waals surface area contributed by atoms with Crippen molar-refractivity contribution in [2.24, 2.45) is 0 Å². The lowest BCUT2D eigenvalue weighted by Gasteiger charge is -1.97. The van der Waals surface area contributed by atoms with E-state index in [1.807, 2.05) is 11.3 Å². The highest BCUT2D eigenvalue weighted by Crippen LogP contribution is 2.33. The van der Waals surface area contributed by atoms with Crippen molar-refractivity contribution in [2.45, 2.75) is 26.7 Å². The number of aryl methyl sites for hydroxylation is 1. The van der Waals surface area contributed by atoms with Crippen LogP contribution in [0.4, 0.5) is 0 Å². The molecule has 3 rings (SSSR count). The van der Waals surface area contributed by atoms with Gasteiger partial charge in [-0.15, -0.1) is 11.3 Å². The minimum Gasteiger partial charge on any atom is -0.354 e. The summed E-state index contributed by atoms with van der Waals surface area (Å²) in [4.78, 5) is 6.27. The molecule has 0 spiro atoms. The lowest BCUT2D eigenvalue weighted by molar-refractivity contribution is 0.890. The number of benzene rings is 1. The second-order valence-corrected chi connectivity index (χ2v) is 6.25. The Balaban J connectivity index is 2.07. The molecule has 0 saturated carbocycles. The van der Waals surface area contributed by atoms with Crippen LogP contribution in [0.2, 0.25) is 0 Å². The maximum Gasteiger partial charge on any atom is 0.0566 e. The largest absolute Gasteiger partial charge is 0.354 e. The fraction of sp³-hybridized carbons (Fsp3) is 0.250. The molecule has 1 nitrogen and oxygen atoms in total. The van der Waals surface area contributed by atoms with E-state index in [1.54, 1.807) is 0 Å². The first kappa shape index (κ1) is 11.5. The zero-order valence-electron chi connectivity index (χ0n) is 10.9. The van der Waals surface area contributed by atoms with Crippen LogP contribution in [0.5, 0.6) is 0 Å². The molecule has 1 aromatic carbocycles. The maximum absolute atomic E-state index is 3.50. The normalized spacial score (nSPS) is 11.6. The Morgan fingerprint density at radius 3 is 2.61 bits per heavy atom. The summed E-state index contributed by atoms with van der Waals surface area (Å²) in [5.74, 6) is 0.607. The maximum atomic E-state index is 3.50. The number of aromatic amines is 1. The van der Waals surface area contributed by atoms with Gasteiger partial charge in [-0.25, -0.2) is 0 Å². The molecule has 0 aliphatic heterocycles. The van der Waals surface area contributed by atoms with Crippen LogP contribution < -0.4 is 0 Å². The van der Waals surface area contributed by atoms with Gasteiger partial charge in [-0.3, -0.25) is 0 Å². The monoisotopic (exact) mass is 255 g/mol. The molecule has 92 valence electrons. The molecule has 0 saturated heterocycles. The molecular formula is C16H17NS. The molecule has 0 aliphatic rings. The van der Waals surface area contributed by atoms with Crippen LogP contribution in [0.1, 0.15) is 30.2 Å². The van der Waals surface area contributed by atoms with Crippen molar-refractivity contribution < 1.29 is 0 Å². The summed E-state index contributed by atoms with van der Waals surface area (Å²) < 4.78 is 0. The molecule has 2 aromatic heterocycles. The first-order valence-corrected chi connectivity index (χ1v) is 7.14. The minimum atomic E-state index is 0.607. The van der Waals surface area contributed by atoms with E-state index in [-0.39, 0.29) is 0 Å². The van der Waals surface area contributed by atoms with Crippen molar-refractivity contribution in [3.63, 3.8) is 0 Å². The summed E-state index contributed by atoms with van der Waals surface area (Å²) in [5, 5.41) is 1.30. The fourth-order valence-corrected chi connectivity index (χ4v) is 3.17. The average molecular weight is 255 g/mol. The zero-order chi connectivity index (χ0) is 12.7. The zero-order valence-corrected chi connectivity index (χ0v) is 11.8. The van der Waals surface area contributed by atoms with Gasteiger partial charge < -0.3 is 4.98 Å². The molecule has 0 radical (unpaired) electrons. The average Bonchev–Trinajstić information content (AvgIpc) is 2.93. The molecule has 3 aromatic rings. The third kappa shape index (κ3) is 1.97. The Labute approximate surface area is 111 Å². The van der Waals surface area contributed by atoms with Crippen LogP contribution in [0.3, 0.4) is 0 Å². The molecule has 0 unspecified atom stereocenters. The van der Waals surface area contributed by atoms with Crippen LogP contribution in [-0.2, 0) is 0 Å². The highest BCUT2D eigenvalue weighted by molar-refractivity contribution is 7.15. The van der Waals surface area contributed by atoms with Crippen molar-refractivity contribution in [1.82, 2.24) is 4.98 Å². The van der Waals surface area contributed by atoms with Crippen molar-refractivity contribution in [3.8, 4) is 10.6 Å². The third-order valence-corrected chi connectivity index (χ3v) is 4.66. The summed E-state index contributed by atoms with van der Waals surface area (Å²) in [5.41, 5.74) is 3.75. The van der Waals surface area contributed by atoms with E-state index in [1.165, 1.54) is 31.9 Å². The van der Waals surface area contributed by atoms with Gasteiger partial charge in [-0.1, -0.05) is 25.5 Å². The molecule has 2 heterocycles. The number of hydrogen-bond acceptors (Lipinski definition) is 1. The van der Waals surface area contributed by atoms with Gasteiger partial charge in [-0.2, -0.15) is 0 Å². The van der Waals surface area contributed by atoms with Gasteiger partial charge in [0.25, 0.3) is 0 Å². The van der Waals surface area contributed by atoms with E-state index < -0.39 is 0 Å². The van der Waals surface area contributed by atoms with Gasteiger partial charge in [0.05, 0.1) is 10.6 Å². The number of fused-ring (bicyclic) bond motifs is 1. The molecular weight excluding hydrogens is 238 g/mol. The first-order valence-electron chi connectivity index (χ1n) is 6.33. The van der Waals surface area contributed by atoms with Crippen molar-refractivity contribution in [2.75, 3.05) is 0 Å². The predicted octanol–water partition coefficient (Wildman–Crippen LogP) is 5.33. The lowest BCUT2D eigenvalue weighted by Crippen LogP contribution is -1.77. The van der Waals surface area contributed by atoms with Gasteiger partial charge in [0.2, 0.25) is 0 Å². The number of rotatable bonds is 2. The smallest absolute Gasteiger partial charge is 0.0566 e. The Bertz CT molecular complexity index is 688. The van der Waals surface area contributed by atoms with Crippen molar-refractivity contribution in [1.29, 1.82) is 0 Å². The van der Waals surface area contributed by atoms with Gasteiger partial charge in [0.1, 0.15) is 0 Å². The molecule has 0 amide bonds. The van der Waals surface area contributed by atoms with Gasteiger partial charge >= 0.3 is 0 Å². The number of hydrogen-bond donors (Lipinski definition) is 1. The second kappa shape index (κ2) is 4.29. The first-order chi connectivity index (χ1) is 8.63. The van der Waals surface area contributed by atoms with Crippen LogP contribution in [0.15, 0.2) is 36.4 Å². The third-order valence-electron chi connectivity index (χ3n) is 3.24. The van der Waals surface area contributed by atoms with Crippen LogP contribution >= 0.6 is 11.3 Å². The number of aromatic nitrogens is 1. The summed E-state index contributed by atoms with van der Waals surface area (Å²) in [6, 6.07) is 13.2. The molecule has 1 N–H and O–H groups in total. The van der Waals surface area contributed by atoms with Gasteiger partial charge in [0.15, 0.2) is 0 Å². The SMILES string of the molecule is Cc1ccc2[nH]c(-c3ccc(C(C)C)s3)cc2c1. The summed E-state index contributed by atoms with van der Waals surface area (Å²) in [6.07, 6.45) is 0. The quantitative estimate of drug-likeness (QED) is 0.637. The van der Waals surface area contributed by atoms with Crippen LogP contribution in [-0.4, -0.2) is 4.98 Å². The highest BCUT2D eigenvalue weighted by Gasteiger charge is 2.08. The summed E-state index contributed by atoms with van der Waals surface area (Å²) >= 11 is 1.88. The van der Waals surface area contributed by atoms with E-state index in [4.69, 9.17) is 0 Å². The van der Waals surface area contributed by atoms with Crippen LogP contribution in [0.25, 0.3) is 21.5 Å². The Morgan fingerprint density at radius 1 is 1.06 bits per heavy atom. The number of H-pyrrole nitrogens is 1. The number of thiophene rings is 1. The fourth-order valence-electron chi connectivity index (χ4n) is 2.19. The Morgan fingerprint density at radius 2 is 1.89 bits per heavy atom. The topological polar surface area (TPSA) is 15.8 Å². The van der Waals surface area contributed by atoms with Gasteiger partial charge in [-0.05, 0) is 43.2 Å². The second-order valence-electron chi connectivity index (χ2n) is 5.13. The molecule has 0 aliphatic carbocycles. The Hall–Kier alpha value is -1.54. The summed E-state index contributed by atoms with van der Waals surface area (Å²) in [7, 11) is 0. The summed E-state index contributed by atoms with van der Waals surface area (Å²) in [6.45, 7) is 6.61. The van der Waals surface area contributed by atoms with E-state index >= 15 is 0 Å². The van der Waals surface area contributed by atoms with E-state index in [0.29, 0.717) is 5.92 Å².